The second-order valence-corrected chi connectivity index (χ2v) is 29.4. The second-order valence-electron chi connectivity index (χ2n) is 23.2. The summed E-state index contributed by atoms with van der Waals surface area (Å²) in [6, 6.07) is 20.7. The SMILES string of the molecule is CCOC(=O)CCc1c[nH]c(Br)c1.CI.CN(C)CCCc1c[nH]c(Br)c1.C[N+](C)(C)CCCc1c[nH]c(-c2cccs2)c1.C[N+](C)(C)CCCc1c[nH]c(Br)c1.C[N+](C)(C)CCCc1cc(-c2cccs2)[nH]c1C=O.ClCCl.O=Cc1c[nH]c(Br)c1. The number of aldehydes is 2. The standard InChI is InChI=1S/C15H20N2OS.C14H21N2S.C10H18BrN2.C9H15BrN2.C9H12BrNO2.C5H4BrNO.CH2Cl2.CH3I/c1-17(2,3)8-4-6-12-10-13(16-14(12)11-18)15-7-5-9-19-15;1-16(2,3)8-4-6-12-10-13(15-11-12)14-7-5-9-17-14;1-13(2,3)6-4-5-9-7-10(11)12-8-9;1-12(2)5-3-4-8-6-9(10)11-7-8;1-2-13-9(12)4-3-7-5-8(10)11-6-7;6-5-1-4(3-8)2-7-5;2-1-3;1-2/h5,7,9-11H,4,6,8H2,1-3H3;5,7,9-11,15H,4,6,8H2,1-3H3;7-8,12H,4-6H2,1-3H3;6-7,11H,3-5H2,1-2H3;5-6,11H,2-4H2,1H3;1-3,7H;1H2;1H3/q;2*+1;;;;;/p+1. The van der Waals surface area contributed by atoms with Gasteiger partial charge in [-0.05, 0) is 222 Å². The van der Waals surface area contributed by atoms with Crippen molar-refractivity contribution in [3.05, 3.63) is 160 Å². The molecular weight excluding hydrogens is 1550 g/mol. The Morgan fingerprint density at radius 3 is 1.36 bits per heavy atom. The molecule has 0 aliphatic carbocycles. The minimum atomic E-state index is -0.139. The van der Waals surface area contributed by atoms with Gasteiger partial charge in [0.2, 0.25) is 0 Å². The lowest BCUT2D eigenvalue weighted by molar-refractivity contribution is -0.870. The zero-order valence-corrected chi connectivity index (χ0v) is 64.8. The number of nitrogens with one attached hydrogen (secondary N) is 6. The molecule has 8 aromatic rings. The molecule has 484 valence electrons. The molecule has 87 heavy (non-hydrogen) atoms. The third-order valence-corrected chi connectivity index (χ3v) is 15.8. The van der Waals surface area contributed by atoms with Gasteiger partial charge in [0, 0.05) is 62.2 Å². The number of aromatic nitrogens is 6. The lowest BCUT2D eigenvalue weighted by Gasteiger charge is -2.23. The highest BCUT2D eigenvalue weighted by atomic mass is 127. The number of esters is 1. The van der Waals surface area contributed by atoms with Gasteiger partial charge in [-0.2, -0.15) is 0 Å². The van der Waals surface area contributed by atoms with Crippen LogP contribution < -0.4 is 0 Å². The van der Waals surface area contributed by atoms with Crippen LogP contribution >= 0.6 is 132 Å². The van der Waals surface area contributed by atoms with Crippen molar-refractivity contribution < 1.29 is 32.6 Å². The third kappa shape index (κ3) is 41.1. The topological polar surface area (TPSA) is 158 Å². The third-order valence-electron chi connectivity index (χ3n) is 12.2. The Labute approximate surface area is 585 Å². The van der Waals surface area contributed by atoms with Crippen molar-refractivity contribution in [3.63, 3.8) is 0 Å². The Bertz CT molecular complexity index is 3000. The largest absolute Gasteiger partial charge is 0.466 e. The normalized spacial score (nSPS) is 10.8. The number of carbonyl (C=O) groups excluding carboxylic acids is 3. The van der Waals surface area contributed by atoms with E-state index in [4.69, 9.17) is 27.9 Å². The Morgan fingerprint density at radius 2 is 0.989 bits per heavy atom. The number of carbonyl (C=O) groups is 3. The van der Waals surface area contributed by atoms with E-state index < -0.39 is 0 Å². The molecule has 14 nitrogen and oxygen atoms in total. The van der Waals surface area contributed by atoms with Crippen molar-refractivity contribution in [1.82, 2.24) is 34.8 Å². The van der Waals surface area contributed by atoms with Gasteiger partial charge < -0.3 is 53.0 Å². The van der Waals surface area contributed by atoms with E-state index in [1.54, 1.807) is 34.9 Å². The maximum atomic E-state index is 11.1. The molecular formula is C64H96Br4Cl2IN10O4S2+3. The van der Waals surface area contributed by atoms with Crippen molar-refractivity contribution in [1.29, 1.82) is 0 Å². The van der Waals surface area contributed by atoms with Gasteiger partial charge in [-0.25, -0.2) is 0 Å². The summed E-state index contributed by atoms with van der Waals surface area (Å²) in [4.78, 5) is 57.4. The maximum Gasteiger partial charge on any atom is 0.306 e. The molecule has 0 radical (unpaired) electrons. The first-order chi connectivity index (χ1) is 41.2. The highest BCUT2D eigenvalue weighted by molar-refractivity contribution is 14.1. The van der Waals surface area contributed by atoms with Crippen LogP contribution in [0, 0.1) is 0 Å². The number of ether oxygens (including phenoxy) is 1. The minimum Gasteiger partial charge on any atom is -0.466 e. The first-order valence-electron chi connectivity index (χ1n) is 28.6. The molecule has 6 N–H and O–H groups in total. The van der Waals surface area contributed by atoms with Crippen LogP contribution in [-0.4, -0.2) is 187 Å². The van der Waals surface area contributed by atoms with E-state index in [0.717, 1.165) is 119 Å². The summed E-state index contributed by atoms with van der Waals surface area (Å²) in [5.74, 6) is -0.139. The van der Waals surface area contributed by atoms with E-state index in [9.17, 15) is 14.4 Å². The van der Waals surface area contributed by atoms with Gasteiger partial charge in [0.15, 0.2) is 12.6 Å². The number of hydrogen-bond donors (Lipinski definition) is 6. The summed E-state index contributed by atoms with van der Waals surface area (Å²) in [7, 11) is 24.2. The zero-order chi connectivity index (χ0) is 65.4. The number of nitrogens with zero attached hydrogens (tertiary/aromatic N) is 4. The number of hydrogen-bond acceptors (Lipinski definition) is 7. The van der Waals surface area contributed by atoms with Crippen molar-refractivity contribution in [3.8, 4) is 21.1 Å². The zero-order valence-electron chi connectivity index (χ0n) is 53.2. The number of aryl methyl sites for hydroxylation is 5. The fourth-order valence-corrected chi connectivity index (χ4v) is 11.0. The van der Waals surface area contributed by atoms with Crippen LogP contribution in [0.4, 0.5) is 0 Å². The Balaban J connectivity index is 0.000000522. The maximum absolute atomic E-state index is 11.1. The predicted octanol–water partition coefficient (Wildman–Crippen LogP) is 17.6. The smallest absolute Gasteiger partial charge is 0.306 e. The summed E-state index contributed by atoms with van der Waals surface area (Å²) < 4.78 is 11.8. The van der Waals surface area contributed by atoms with Gasteiger partial charge in [0.25, 0.3) is 0 Å². The van der Waals surface area contributed by atoms with Crippen LogP contribution in [0.5, 0.6) is 0 Å². The average molecular weight is 1650 g/mol. The highest BCUT2D eigenvalue weighted by Gasteiger charge is 2.13. The van der Waals surface area contributed by atoms with Gasteiger partial charge in [0.05, 0.1) is 140 Å². The van der Waals surface area contributed by atoms with Crippen LogP contribution in [0.25, 0.3) is 21.1 Å². The molecule has 0 saturated carbocycles. The quantitative estimate of drug-likeness (QED) is 0.0117. The summed E-state index contributed by atoms with van der Waals surface area (Å²) >= 11 is 28.4. The van der Waals surface area contributed by atoms with Gasteiger partial charge in [-0.15, -0.1) is 45.9 Å². The molecule has 0 spiro atoms. The second kappa shape index (κ2) is 46.1. The first kappa shape index (κ1) is 82.0. The number of rotatable bonds is 24. The number of H-pyrrole nitrogens is 6. The highest BCUT2D eigenvalue weighted by Crippen LogP contribution is 2.27. The van der Waals surface area contributed by atoms with Gasteiger partial charge >= 0.3 is 5.97 Å². The number of halogens is 7. The lowest BCUT2D eigenvalue weighted by Crippen LogP contribution is -2.35. The summed E-state index contributed by atoms with van der Waals surface area (Å²) in [5, 5.41) is 4.36. The molecule has 8 aromatic heterocycles. The molecule has 0 amide bonds. The number of thiophene rings is 2. The molecule has 23 heteroatoms. The Morgan fingerprint density at radius 1 is 0.575 bits per heavy atom. The van der Waals surface area contributed by atoms with Crippen LogP contribution in [-0.2, 0) is 41.6 Å². The lowest BCUT2D eigenvalue weighted by atomic mass is 10.1. The van der Waals surface area contributed by atoms with E-state index in [1.165, 1.54) is 64.5 Å². The van der Waals surface area contributed by atoms with Crippen molar-refractivity contribution >= 4 is 151 Å². The average Bonchev–Trinajstić information content (AvgIpc) is 3.02. The Hall–Kier alpha value is -3.04. The van der Waals surface area contributed by atoms with E-state index in [0.29, 0.717) is 18.6 Å². The number of aromatic amines is 6. The Kier molecular flexibility index (Phi) is 43.4. The van der Waals surface area contributed by atoms with Gasteiger partial charge in [-0.1, -0.05) is 34.7 Å². The van der Waals surface area contributed by atoms with E-state index in [2.05, 4.69) is 265 Å². The first-order valence-corrected chi connectivity index (χ1v) is 36.7. The fourth-order valence-electron chi connectivity index (χ4n) is 7.99. The molecule has 0 unspecified atom stereocenters. The van der Waals surface area contributed by atoms with Crippen LogP contribution in [0.1, 0.15) is 87.7 Å². The van der Waals surface area contributed by atoms with Crippen LogP contribution in [0.3, 0.4) is 0 Å². The molecule has 0 atom stereocenters. The molecule has 8 rings (SSSR count). The predicted molar refractivity (Wildman–Crippen MR) is 395 cm³/mol. The monoisotopic (exact) mass is 1650 g/mol. The number of quaternary nitrogens is 3. The fraction of sp³-hybridized carbons (Fsp3) is 0.453. The van der Waals surface area contributed by atoms with Crippen molar-refractivity contribution in [2.75, 3.05) is 121 Å². The van der Waals surface area contributed by atoms with Gasteiger partial charge in [-0.3, -0.25) is 14.4 Å². The van der Waals surface area contributed by atoms with Crippen LogP contribution in [0.15, 0.2) is 121 Å². The van der Waals surface area contributed by atoms with E-state index in [1.807, 2.05) is 35.6 Å². The van der Waals surface area contributed by atoms with Crippen molar-refractivity contribution in [2.24, 2.45) is 0 Å². The molecule has 0 fully saturated rings. The van der Waals surface area contributed by atoms with Crippen molar-refractivity contribution in [2.45, 2.75) is 71.1 Å². The number of alkyl halides is 3. The molecule has 0 aliphatic heterocycles. The van der Waals surface area contributed by atoms with E-state index >= 15 is 0 Å². The molecule has 8 heterocycles. The van der Waals surface area contributed by atoms with Gasteiger partial charge in [0.1, 0.15) is 0 Å². The molecule has 0 saturated heterocycles. The molecule has 0 bridgehead atoms. The van der Waals surface area contributed by atoms with Crippen LogP contribution in [0.2, 0.25) is 0 Å². The van der Waals surface area contributed by atoms with E-state index in [-0.39, 0.29) is 11.3 Å². The summed E-state index contributed by atoms with van der Waals surface area (Å²) in [5.41, 5.74) is 10.1. The summed E-state index contributed by atoms with van der Waals surface area (Å²) in [6.07, 6.45) is 21.9. The summed E-state index contributed by atoms with van der Waals surface area (Å²) in [6.45, 7) is 6.98. The molecule has 0 aromatic carbocycles. The molecule has 0 aliphatic rings. The minimum absolute atomic E-state index is 0.139.